The van der Waals surface area contributed by atoms with E-state index in [4.69, 9.17) is 28.1 Å². The Morgan fingerprint density at radius 1 is 0.358 bits per heavy atom. The van der Waals surface area contributed by atoms with E-state index in [9.17, 15) is 101 Å². The number of rotatable bonds is 21. The average Bonchev–Trinajstić information content (AvgIpc) is 0.768. The quantitative estimate of drug-likeness (QED) is 0.0363. The lowest BCUT2D eigenvalue weighted by Gasteiger charge is -2.45. The Balaban J connectivity index is -0.0000000506. The third kappa shape index (κ3) is 96.0. The molecule has 5 rings (SSSR count). The van der Waals surface area contributed by atoms with Crippen LogP contribution in [0.2, 0.25) is 0 Å². The normalized spacial score (nSPS) is 16.4. The van der Waals surface area contributed by atoms with E-state index in [1.807, 2.05) is 233 Å². The van der Waals surface area contributed by atoms with Crippen molar-refractivity contribution in [3.63, 3.8) is 0 Å². The summed E-state index contributed by atoms with van der Waals surface area (Å²) in [6.07, 6.45) is -27.8. The van der Waals surface area contributed by atoms with Crippen molar-refractivity contribution in [3.05, 3.63) is 46.6 Å². The van der Waals surface area contributed by atoms with E-state index in [2.05, 4.69) is 49.2 Å². The third-order valence-electron chi connectivity index (χ3n) is 8.82. The van der Waals surface area contributed by atoms with E-state index in [1.165, 1.54) is 6.07 Å². The van der Waals surface area contributed by atoms with Gasteiger partial charge in [-0.15, -0.1) is 0 Å². The van der Waals surface area contributed by atoms with Crippen LogP contribution in [0.5, 0.6) is 23.0 Å². The molecule has 120 heavy (non-hydrogen) atoms. The summed E-state index contributed by atoms with van der Waals surface area (Å²) in [7, 11) is -39.7. The van der Waals surface area contributed by atoms with Gasteiger partial charge in [0.1, 0.15) is 58.7 Å². The molecule has 0 saturated carbocycles. The fourth-order valence-corrected chi connectivity index (χ4v) is 9.90. The molecule has 3 heterocycles. The lowest BCUT2D eigenvalue weighted by Crippen LogP contribution is -2.65. The first-order valence-electron chi connectivity index (χ1n) is 21.2. The minimum Gasteiger partial charge on any atom is -0.663 e. The van der Waals surface area contributed by atoms with Crippen LogP contribution < -0.4 is 19.1 Å². The molecular weight excluding hydrogens is 2070 g/mol. The number of phenolic OH excluding ortho intramolecular Hbond substituents is 1. The smallest absolute Gasteiger partial charge is 0.446 e. The van der Waals surface area contributed by atoms with Crippen LogP contribution in [0.1, 0.15) is 6.92 Å². The van der Waals surface area contributed by atoms with Crippen LogP contribution in [-0.4, -0.2) is 557 Å². The Kier molecular flexibility index (Phi) is 191. The first-order valence-corrected chi connectivity index (χ1v) is 37.3. The van der Waals surface area contributed by atoms with Crippen molar-refractivity contribution in [2.75, 3.05) is 13.7 Å². The van der Waals surface area contributed by atoms with Gasteiger partial charge in [0.25, 0.3) is 0 Å². The van der Waals surface area contributed by atoms with Gasteiger partial charge >= 0.3 is 306 Å². The fraction of sp³-hybridized carbons (Fsp3) is 0.464. The Morgan fingerprint density at radius 2 is 0.642 bits per heavy atom. The molecule has 10 atom stereocenters. The Hall–Kier alpha value is 1.91. The predicted octanol–water partition coefficient (Wildman–Crippen LogP) is -31.6. The minimum absolute atomic E-state index is 0. The summed E-state index contributed by atoms with van der Waals surface area (Å²) in [5.41, 5.74) is -1.94. The number of benzene rings is 2. The predicted molar refractivity (Wildman–Crippen MR) is 406 cm³/mol. The molecule has 1 aromatic heterocycles. The van der Waals surface area contributed by atoms with Crippen molar-refractivity contribution >= 4 is 316 Å². The maximum absolute atomic E-state index is 13.3. The monoisotopic (exact) mass is 2160 g/mol. The molecule has 0 aliphatic carbocycles. The Bertz CT molecular complexity index is 3550. The van der Waals surface area contributed by atoms with Gasteiger partial charge in [0.15, 0.2) is 35.4 Å². The van der Waals surface area contributed by atoms with Crippen LogP contribution in [0.3, 0.4) is 0 Å². The summed E-state index contributed by atoms with van der Waals surface area (Å²) in [5, 5.41) is 10.3. The summed E-state index contributed by atoms with van der Waals surface area (Å²) in [4.78, 5) is 13.3. The molecule has 2 fully saturated rings. The van der Waals surface area contributed by atoms with Crippen LogP contribution >= 0.6 is 0 Å². The highest BCUT2D eigenvalue weighted by molar-refractivity contribution is 7.82. The standard InChI is InChI=1S/C28H32O36S7.14Al.28H2O.7O/c1-10-21(59-66(34,35)36)23(61-68(40,41)42)25(63-70(46,47)48)27(54-10)53-9-19-22(60-67(37,38)39)24(62-69(43,44)45)26(64-71(49,50)51)28(57-19)55-12-6-13(29)20-14(30)8-16(56-18(20)7-12)11-3-4-15(52-2)17(5-11)58-65(31,32)33;;;;;;;;;;;;;;;;;;;;;;;;;;;;;;;;;;;;;;;;;;;;;;;;;/h3-8,10,19,21-29H,9H2,1-2H3,(H,31,32,33)(H,34,35,36)(H,37,38,39)(H,40,41,42)(H,43,44,45)(H,46,47,48)(H,49,50,51);;;;;;;;;;;;;;;28*1H2;;;;;;;/t10-,19+,21-,22+,23+,24-,25+,26+,27+,28+;;;;;;;;;;;;;;;;;;;;;;;;;;;;;;;;;;;;;;;;;;;;;;;;;/m0................................................./s1. The zero-order valence-corrected chi connectivity index (χ0v) is 81.1. The molecule has 64 N–H and O–H groups in total. The van der Waals surface area contributed by atoms with Crippen molar-refractivity contribution in [2.45, 2.75) is 68.3 Å². The molecule has 710 valence electrons. The Morgan fingerprint density at radius 3 is 0.942 bits per heavy atom. The second kappa shape index (κ2) is 106. The second-order valence-electron chi connectivity index (χ2n) is 14.8. The molecule has 0 unspecified atom stereocenters. The zero-order valence-electron chi connectivity index (χ0n) is 59.3. The van der Waals surface area contributed by atoms with Crippen LogP contribution in [0.4, 0.5) is 0 Å². The van der Waals surface area contributed by atoms with Crippen molar-refractivity contribution in [2.24, 2.45) is 0 Å². The number of phenols is 1. The molecule has 2 aromatic carbocycles. The molecule has 92 heteroatoms. The first-order chi connectivity index (χ1) is 42.1. The van der Waals surface area contributed by atoms with Gasteiger partial charge in [-0.2, -0.15) is 58.9 Å². The SMILES string of the molecule is COc1ccc(-c2cc(=O)c3c(O)cc(O[C@@H]4O[C@H](CO[C@@H]5O[C@@H](C)[C@H](OS(=O)(=O)O)[C@@H](OS(=O)(=O)O)[C@H]5OS(=O)(=O)O)[C@@H](OS(=O)(=O)O)[C@H](OS(=O)(=O)O)[C@H]4OS(=O)(=O)O)cc3o2)cc1OS(=O)(=O)O.O.O.O.O.O.O.O.O.O.O.O.O.O.O.O.O.O.O.O.O.O.O.O.O.O.O.O.O.[Al][O][Al].[Al][O][Al].[Al][O][Al].[Al][O][Al].[Al][O][Al].[Al][O][Al].[Al][O][Al]. The van der Waals surface area contributed by atoms with Crippen molar-refractivity contribution in [1.82, 2.24) is 0 Å². The molecule has 3 aromatic rings. The van der Waals surface area contributed by atoms with E-state index in [1.54, 1.807) is 0 Å². The number of hydrogen-bond acceptors (Lipinski definition) is 36. The van der Waals surface area contributed by atoms with Gasteiger partial charge in [-0.3, -0.25) is 36.7 Å². The van der Waals surface area contributed by atoms with Gasteiger partial charge < -0.3 is 211 Å². The third-order valence-corrected chi connectivity index (χ3v) is 12.0. The van der Waals surface area contributed by atoms with Gasteiger partial charge in [0.05, 0.1) is 19.8 Å². The van der Waals surface area contributed by atoms with E-state index < -0.39 is 180 Å². The molecule has 0 bridgehead atoms. The molecule has 0 spiro atoms. The van der Waals surface area contributed by atoms with Crippen LogP contribution in [0, 0.1) is 0 Å². The topological polar surface area (TPSA) is 1490 Å². The van der Waals surface area contributed by atoms with Gasteiger partial charge in [0.2, 0.25) is 6.29 Å². The van der Waals surface area contributed by atoms with Crippen molar-refractivity contribution in [3.8, 4) is 34.3 Å². The minimum atomic E-state index is -6.07. The molecule has 2 aliphatic rings. The van der Waals surface area contributed by atoms with E-state index in [0.717, 1.165) is 32.2 Å². The number of methoxy groups -OCH3 is 1. The van der Waals surface area contributed by atoms with E-state index >= 15 is 0 Å². The highest BCUT2D eigenvalue weighted by Gasteiger charge is 2.57. The highest BCUT2D eigenvalue weighted by Crippen LogP contribution is 2.39. The Labute approximate surface area is 797 Å². The van der Waals surface area contributed by atoms with Crippen LogP contribution in [0.25, 0.3) is 22.3 Å². The van der Waals surface area contributed by atoms with Gasteiger partial charge in [0, 0.05) is 23.8 Å². The summed E-state index contributed by atoms with van der Waals surface area (Å²) in [6.45, 7) is -0.882. The highest BCUT2D eigenvalue weighted by atomic mass is 32.3. The molecular formula is C28H88Al14O71S7. The summed E-state index contributed by atoms with van der Waals surface area (Å²) < 4.78 is 324. The second-order valence-corrected chi connectivity index (χ2v) is 29.7. The maximum atomic E-state index is 13.3. The molecule has 28 radical (unpaired) electrons. The molecule has 2 aliphatic heterocycles. The zero-order chi connectivity index (χ0) is 72.6. The largest absolute Gasteiger partial charge is 0.663 e. The number of hydrogen-bond donors (Lipinski definition) is 8. The van der Waals surface area contributed by atoms with Gasteiger partial charge in [-0.05, 0) is 25.1 Å². The molecule has 71 nitrogen and oxygen atoms in total. The fourth-order valence-electron chi connectivity index (χ4n) is 6.52. The average molecular weight is 2160 g/mol. The first kappa shape index (κ1) is 216. The van der Waals surface area contributed by atoms with Gasteiger partial charge in [-0.25, -0.2) is 25.1 Å². The summed E-state index contributed by atoms with van der Waals surface area (Å²) >= 11 is 28.6. The number of aromatic hydroxyl groups is 1. The lowest BCUT2D eigenvalue weighted by molar-refractivity contribution is -0.306. The van der Waals surface area contributed by atoms with E-state index in [-0.39, 0.29) is 165 Å². The summed E-state index contributed by atoms with van der Waals surface area (Å²) in [6, 6.07) is 5.11. The molecule has 2 saturated heterocycles. The maximum Gasteiger partial charge on any atom is 0.446 e. The van der Waals surface area contributed by atoms with Crippen molar-refractivity contribution < 1.29 is 326 Å². The molecule has 0 amide bonds. The number of fused-ring (bicyclic) bond motifs is 1. The van der Waals surface area contributed by atoms with Crippen LogP contribution in [0.15, 0.2) is 45.6 Å². The number of ether oxygens (including phenoxy) is 5. The van der Waals surface area contributed by atoms with E-state index in [0.29, 0.717) is 12.1 Å². The lowest BCUT2D eigenvalue weighted by atomic mass is 9.98. The van der Waals surface area contributed by atoms with Crippen molar-refractivity contribution in [1.29, 1.82) is 0 Å². The van der Waals surface area contributed by atoms with Gasteiger partial charge in [-0.1, -0.05) is 0 Å². The van der Waals surface area contributed by atoms with Crippen LogP contribution in [-0.2, 0) is 132 Å². The summed E-state index contributed by atoms with van der Waals surface area (Å²) in [5.74, 6) is -3.34.